The van der Waals surface area contributed by atoms with Crippen molar-refractivity contribution >= 4 is 5.91 Å². The number of carbonyl (C=O) groups excluding carboxylic acids is 1. The Bertz CT molecular complexity index is 427. The molecule has 1 aliphatic rings. The zero-order chi connectivity index (χ0) is 14.4. The van der Waals surface area contributed by atoms with Crippen LogP contribution in [0.2, 0.25) is 0 Å². The molecule has 1 aliphatic heterocycles. The van der Waals surface area contributed by atoms with Crippen molar-refractivity contribution in [3.8, 4) is 5.88 Å². The number of rotatable bonds is 5. The van der Waals surface area contributed by atoms with Crippen molar-refractivity contribution in [2.75, 3.05) is 26.7 Å². The van der Waals surface area contributed by atoms with Gasteiger partial charge in [-0.3, -0.25) is 4.79 Å². The molecule has 2 N–H and O–H groups in total. The maximum atomic E-state index is 12.5. The molecule has 20 heavy (non-hydrogen) atoms. The predicted octanol–water partition coefficient (Wildman–Crippen LogP) is 1.22. The van der Waals surface area contributed by atoms with Gasteiger partial charge < -0.3 is 15.4 Å². The number of aromatic nitrogens is 1. The lowest BCUT2D eigenvalue weighted by atomic mass is 9.98. The summed E-state index contributed by atoms with van der Waals surface area (Å²) in [4.78, 5) is 18.6. The van der Waals surface area contributed by atoms with Crippen molar-refractivity contribution in [2.24, 2.45) is 11.7 Å². The van der Waals surface area contributed by atoms with Gasteiger partial charge in [0.05, 0.1) is 13.0 Å². The average molecular weight is 277 g/mol. The SMILES string of the molecule is COc1ccc(CC(CN)C(=O)N2CCCCC2)cn1. The number of ether oxygens (including phenoxy) is 1. The van der Waals surface area contributed by atoms with Crippen LogP contribution < -0.4 is 10.5 Å². The van der Waals surface area contributed by atoms with Crippen LogP contribution in [0.25, 0.3) is 0 Å². The maximum absolute atomic E-state index is 12.5. The highest BCUT2D eigenvalue weighted by Crippen LogP contribution is 2.16. The largest absolute Gasteiger partial charge is 0.481 e. The number of pyridine rings is 1. The first kappa shape index (κ1) is 14.8. The molecule has 0 spiro atoms. The van der Waals surface area contributed by atoms with Gasteiger partial charge in [0.15, 0.2) is 0 Å². The van der Waals surface area contributed by atoms with Crippen LogP contribution in [-0.2, 0) is 11.2 Å². The molecule has 2 heterocycles. The lowest BCUT2D eigenvalue weighted by Crippen LogP contribution is -2.42. The number of hydrogen-bond acceptors (Lipinski definition) is 4. The fourth-order valence-corrected chi connectivity index (χ4v) is 2.58. The average Bonchev–Trinajstić information content (AvgIpc) is 2.53. The van der Waals surface area contributed by atoms with Crippen LogP contribution in [0.4, 0.5) is 0 Å². The first-order chi connectivity index (χ1) is 9.74. The number of hydrogen-bond donors (Lipinski definition) is 1. The van der Waals surface area contributed by atoms with E-state index in [0.717, 1.165) is 31.5 Å². The van der Waals surface area contributed by atoms with Gasteiger partial charge in [-0.2, -0.15) is 0 Å². The van der Waals surface area contributed by atoms with Gasteiger partial charge in [0.2, 0.25) is 11.8 Å². The number of nitrogens with zero attached hydrogens (tertiary/aromatic N) is 2. The third-order valence-electron chi connectivity index (χ3n) is 3.79. The van der Waals surface area contributed by atoms with E-state index in [-0.39, 0.29) is 11.8 Å². The fraction of sp³-hybridized carbons (Fsp3) is 0.600. The van der Waals surface area contributed by atoms with E-state index >= 15 is 0 Å². The van der Waals surface area contributed by atoms with E-state index < -0.39 is 0 Å². The van der Waals surface area contributed by atoms with E-state index in [4.69, 9.17) is 10.5 Å². The van der Waals surface area contributed by atoms with Crippen molar-refractivity contribution in [1.29, 1.82) is 0 Å². The standard InChI is InChI=1S/C15H23N3O2/c1-20-14-6-5-12(11-17-14)9-13(10-16)15(19)18-7-3-2-4-8-18/h5-6,11,13H,2-4,7-10,16H2,1H3. The monoisotopic (exact) mass is 277 g/mol. The second-order valence-corrected chi connectivity index (χ2v) is 5.23. The molecule has 5 nitrogen and oxygen atoms in total. The fourth-order valence-electron chi connectivity index (χ4n) is 2.58. The summed E-state index contributed by atoms with van der Waals surface area (Å²) < 4.78 is 5.03. The zero-order valence-electron chi connectivity index (χ0n) is 12.0. The molecule has 110 valence electrons. The Morgan fingerprint density at radius 1 is 1.40 bits per heavy atom. The number of methoxy groups -OCH3 is 1. The van der Waals surface area contributed by atoms with Crippen LogP contribution in [0, 0.1) is 5.92 Å². The first-order valence-corrected chi connectivity index (χ1v) is 7.22. The van der Waals surface area contributed by atoms with E-state index in [1.165, 1.54) is 6.42 Å². The van der Waals surface area contributed by atoms with Gasteiger partial charge in [-0.05, 0) is 31.2 Å². The lowest BCUT2D eigenvalue weighted by Gasteiger charge is -2.30. The van der Waals surface area contributed by atoms with Crippen molar-refractivity contribution in [3.05, 3.63) is 23.9 Å². The summed E-state index contributed by atoms with van der Waals surface area (Å²) in [5.41, 5.74) is 6.81. The molecular weight excluding hydrogens is 254 g/mol. The van der Waals surface area contributed by atoms with Gasteiger partial charge in [-0.1, -0.05) is 6.07 Å². The van der Waals surface area contributed by atoms with E-state index in [1.807, 2.05) is 17.0 Å². The lowest BCUT2D eigenvalue weighted by molar-refractivity contribution is -0.136. The summed E-state index contributed by atoms with van der Waals surface area (Å²) in [5.74, 6) is 0.617. The highest BCUT2D eigenvalue weighted by atomic mass is 16.5. The molecule has 2 rings (SSSR count). The molecule has 1 saturated heterocycles. The molecular formula is C15H23N3O2. The molecule has 0 saturated carbocycles. The molecule has 5 heteroatoms. The summed E-state index contributed by atoms with van der Waals surface area (Å²) in [7, 11) is 1.59. The molecule has 0 bridgehead atoms. The maximum Gasteiger partial charge on any atom is 0.227 e. The molecule has 0 aromatic carbocycles. The van der Waals surface area contributed by atoms with Crippen LogP contribution in [0.5, 0.6) is 5.88 Å². The second-order valence-electron chi connectivity index (χ2n) is 5.23. The van der Waals surface area contributed by atoms with Gasteiger partial charge in [-0.25, -0.2) is 4.98 Å². The molecule has 0 radical (unpaired) electrons. The second kappa shape index (κ2) is 7.24. The van der Waals surface area contributed by atoms with Gasteiger partial charge in [0.25, 0.3) is 0 Å². The summed E-state index contributed by atoms with van der Waals surface area (Å²) >= 11 is 0. The molecule has 1 amide bonds. The normalized spacial score (nSPS) is 16.8. The third-order valence-corrected chi connectivity index (χ3v) is 3.79. The molecule has 1 unspecified atom stereocenters. The highest BCUT2D eigenvalue weighted by molar-refractivity contribution is 5.79. The highest BCUT2D eigenvalue weighted by Gasteiger charge is 2.24. The minimum atomic E-state index is -0.150. The smallest absolute Gasteiger partial charge is 0.227 e. The van der Waals surface area contributed by atoms with Crippen LogP contribution in [-0.4, -0.2) is 42.5 Å². The summed E-state index contributed by atoms with van der Waals surface area (Å²) in [6, 6.07) is 3.76. The predicted molar refractivity (Wildman–Crippen MR) is 77.5 cm³/mol. The number of nitrogens with two attached hydrogens (primary N) is 1. The Morgan fingerprint density at radius 2 is 2.15 bits per heavy atom. The molecule has 1 atom stereocenters. The Balaban J connectivity index is 1.97. The third kappa shape index (κ3) is 3.70. The number of carbonyl (C=O) groups is 1. The number of piperidine rings is 1. The Hall–Kier alpha value is -1.62. The van der Waals surface area contributed by atoms with Crippen molar-refractivity contribution in [3.63, 3.8) is 0 Å². The minimum Gasteiger partial charge on any atom is -0.481 e. The van der Waals surface area contributed by atoms with Gasteiger partial charge in [0, 0.05) is 31.9 Å². The van der Waals surface area contributed by atoms with E-state index in [0.29, 0.717) is 18.8 Å². The van der Waals surface area contributed by atoms with E-state index in [2.05, 4.69) is 4.98 Å². The molecule has 1 aromatic rings. The Morgan fingerprint density at radius 3 is 2.70 bits per heavy atom. The van der Waals surface area contributed by atoms with Crippen LogP contribution in [0.1, 0.15) is 24.8 Å². The topological polar surface area (TPSA) is 68.5 Å². The van der Waals surface area contributed by atoms with Crippen molar-refractivity contribution in [1.82, 2.24) is 9.88 Å². The summed E-state index contributed by atoms with van der Waals surface area (Å²) in [6.45, 7) is 2.12. The summed E-state index contributed by atoms with van der Waals surface area (Å²) in [6.07, 6.45) is 5.83. The number of likely N-dealkylation sites (tertiary alicyclic amines) is 1. The molecule has 0 aliphatic carbocycles. The van der Waals surface area contributed by atoms with Crippen LogP contribution >= 0.6 is 0 Å². The van der Waals surface area contributed by atoms with Gasteiger partial charge >= 0.3 is 0 Å². The molecule has 1 fully saturated rings. The molecule has 1 aromatic heterocycles. The Labute approximate surface area is 120 Å². The minimum absolute atomic E-state index is 0.150. The van der Waals surface area contributed by atoms with E-state index in [1.54, 1.807) is 13.3 Å². The van der Waals surface area contributed by atoms with Crippen LogP contribution in [0.3, 0.4) is 0 Å². The quantitative estimate of drug-likeness (QED) is 0.878. The Kier molecular flexibility index (Phi) is 5.35. The summed E-state index contributed by atoms with van der Waals surface area (Å²) in [5, 5.41) is 0. The van der Waals surface area contributed by atoms with Gasteiger partial charge in [0.1, 0.15) is 0 Å². The zero-order valence-corrected chi connectivity index (χ0v) is 12.0. The van der Waals surface area contributed by atoms with Crippen LogP contribution in [0.15, 0.2) is 18.3 Å². The van der Waals surface area contributed by atoms with E-state index in [9.17, 15) is 4.79 Å². The number of amides is 1. The first-order valence-electron chi connectivity index (χ1n) is 7.22. The van der Waals surface area contributed by atoms with Crippen molar-refractivity contribution < 1.29 is 9.53 Å². The van der Waals surface area contributed by atoms with Crippen molar-refractivity contribution in [2.45, 2.75) is 25.7 Å². The van der Waals surface area contributed by atoms with Gasteiger partial charge in [-0.15, -0.1) is 0 Å².